The fraction of sp³-hybridized carbons (Fsp3) is 0.375. The van der Waals surface area contributed by atoms with E-state index in [1.165, 1.54) is 13.2 Å². The number of carbonyl (C=O) groups is 1. The highest BCUT2D eigenvalue weighted by Crippen LogP contribution is 2.21. The fourth-order valence-electron chi connectivity index (χ4n) is 0.973. The lowest BCUT2D eigenvalue weighted by atomic mass is 10.3. The zero-order chi connectivity index (χ0) is 11.5. The summed E-state index contributed by atoms with van der Waals surface area (Å²) in [6.45, 7) is 0. The molecule has 0 aromatic carbocycles. The molecule has 0 aliphatic rings. The first-order valence-corrected chi connectivity index (χ1v) is 6.48. The molecule has 0 unspecified atom stereocenters. The topological polar surface area (TPSA) is 86.5 Å². The minimum atomic E-state index is -3.62. The van der Waals surface area contributed by atoms with Crippen molar-refractivity contribution in [1.82, 2.24) is 0 Å². The summed E-state index contributed by atoms with van der Waals surface area (Å²) in [6, 6.07) is 3.08. The SMILES string of the molecule is COC(=O)CCc1ccc(S(N)(=O)=O)s1. The summed E-state index contributed by atoms with van der Waals surface area (Å²) in [6.07, 6.45) is 0.702. The van der Waals surface area contributed by atoms with Crippen molar-refractivity contribution >= 4 is 27.3 Å². The van der Waals surface area contributed by atoms with E-state index in [2.05, 4.69) is 4.74 Å². The van der Waals surface area contributed by atoms with Crippen LogP contribution >= 0.6 is 11.3 Å². The molecule has 7 heteroatoms. The molecular weight excluding hydrogens is 238 g/mol. The second-order valence-electron chi connectivity index (χ2n) is 2.84. The Balaban J connectivity index is 2.66. The average molecular weight is 249 g/mol. The van der Waals surface area contributed by atoms with Crippen molar-refractivity contribution in [3.05, 3.63) is 17.0 Å². The number of nitrogens with two attached hydrogens (primary N) is 1. The molecule has 5 nitrogen and oxygen atoms in total. The van der Waals surface area contributed by atoms with Gasteiger partial charge in [-0.2, -0.15) is 0 Å². The number of thiophene rings is 1. The van der Waals surface area contributed by atoms with E-state index < -0.39 is 10.0 Å². The van der Waals surface area contributed by atoms with Gasteiger partial charge in [0.1, 0.15) is 4.21 Å². The van der Waals surface area contributed by atoms with Crippen molar-refractivity contribution in [2.75, 3.05) is 7.11 Å². The largest absolute Gasteiger partial charge is 0.469 e. The second kappa shape index (κ2) is 4.73. The third-order valence-electron chi connectivity index (χ3n) is 1.72. The van der Waals surface area contributed by atoms with Crippen molar-refractivity contribution in [3.63, 3.8) is 0 Å². The van der Waals surface area contributed by atoms with E-state index in [4.69, 9.17) is 5.14 Å². The Bertz CT molecular complexity index is 449. The predicted octanol–water partition coefficient (Wildman–Crippen LogP) is 0.501. The van der Waals surface area contributed by atoms with E-state index in [0.29, 0.717) is 6.42 Å². The molecule has 0 saturated carbocycles. The van der Waals surface area contributed by atoms with Crippen LogP contribution in [-0.4, -0.2) is 21.5 Å². The molecule has 0 saturated heterocycles. The third-order valence-corrected chi connectivity index (χ3v) is 4.30. The summed E-state index contributed by atoms with van der Waals surface area (Å²) in [7, 11) is -2.31. The highest BCUT2D eigenvalue weighted by molar-refractivity contribution is 7.91. The molecule has 1 aromatic heterocycles. The van der Waals surface area contributed by atoms with Gasteiger partial charge in [-0.25, -0.2) is 13.6 Å². The van der Waals surface area contributed by atoms with Gasteiger partial charge in [-0.3, -0.25) is 4.79 Å². The second-order valence-corrected chi connectivity index (χ2v) is 5.80. The molecule has 0 aliphatic carbocycles. The maximum absolute atomic E-state index is 10.9. The van der Waals surface area contributed by atoms with Crippen molar-refractivity contribution in [3.8, 4) is 0 Å². The van der Waals surface area contributed by atoms with Crippen LogP contribution in [0.25, 0.3) is 0 Å². The Kier molecular flexibility index (Phi) is 3.83. The monoisotopic (exact) mass is 249 g/mol. The van der Waals surface area contributed by atoms with Crippen LogP contribution in [0.4, 0.5) is 0 Å². The normalized spacial score (nSPS) is 11.3. The Morgan fingerprint density at radius 2 is 2.20 bits per heavy atom. The van der Waals surface area contributed by atoms with Crippen LogP contribution in [0, 0.1) is 0 Å². The molecule has 2 N–H and O–H groups in total. The number of rotatable bonds is 4. The van der Waals surface area contributed by atoms with Gasteiger partial charge in [-0.1, -0.05) is 0 Å². The number of aryl methyl sites for hydroxylation is 1. The summed E-state index contributed by atoms with van der Waals surface area (Å²) in [5.41, 5.74) is 0. The van der Waals surface area contributed by atoms with Gasteiger partial charge in [0, 0.05) is 4.88 Å². The Morgan fingerprint density at radius 3 is 2.67 bits per heavy atom. The molecule has 0 spiro atoms. The number of carbonyl (C=O) groups excluding carboxylic acids is 1. The van der Waals surface area contributed by atoms with E-state index >= 15 is 0 Å². The summed E-state index contributed by atoms with van der Waals surface area (Å²) < 4.78 is 26.5. The van der Waals surface area contributed by atoms with Crippen LogP contribution in [0.5, 0.6) is 0 Å². The van der Waals surface area contributed by atoms with Gasteiger partial charge in [0.05, 0.1) is 13.5 Å². The highest BCUT2D eigenvalue weighted by Gasteiger charge is 2.11. The molecule has 1 heterocycles. The first kappa shape index (κ1) is 12.2. The molecular formula is C8H11NO4S2. The molecule has 1 aromatic rings. The van der Waals surface area contributed by atoms with Gasteiger partial charge >= 0.3 is 5.97 Å². The smallest absolute Gasteiger partial charge is 0.305 e. The fourth-order valence-corrected chi connectivity index (χ4v) is 2.75. The molecule has 15 heavy (non-hydrogen) atoms. The van der Waals surface area contributed by atoms with Crippen molar-refractivity contribution in [2.24, 2.45) is 5.14 Å². The van der Waals surface area contributed by atoms with Crippen molar-refractivity contribution in [2.45, 2.75) is 17.1 Å². The zero-order valence-corrected chi connectivity index (χ0v) is 9.73. The lowest BCUT2D eigenvalue weighted by Crippen LogP contribution is -2.09. The maximum Gasteiger partial charge on any atom is 0.305 e. The summed E-state index contributed by atoms with van der Waals surface area (Å²) >= 11 is 1.07. The average Bonchev–Trinajstić information content (AvgIpc) is 2.61. The van der Waals surface area contributed by atoms with E-state index in [0.717, 1.165) is 16.2 Å². The predicted molar refractivity (Wildman–Crippen MR) is 56.0 cm³/mol. The lowest BCUT2D eigenvalue weighted by Gasteiger charge is -1.96. The zero-order valence-electron chi connectivity index (χ0n) is 8.10. The number of ether oxygens (including phenoxy) is 1. The van der Waals surface area contributed by atoms with Crippen molar-refractivity contribution < 1.29 is 17.9 Å². The minimum absolute atomic E-state index is 0.113. The molecule has 0 amide bonds. The first-order chi connectivity index (χ1) is 6.93. The molecule has 1 rings (SSSR count). The van der Waals surface area contributed by atoms with Crippen molar-refractivity contribution in [1.29, 1.82) is 0 Å². The first-order valence-electron chi connectivity index (χ1n) is 4.12. The minimum Gasteiger partial charge on any atom is -0.469 e. The number of hydrogen-bond donors (Lipinski definition) is 1. The molecule has 0 fully saturated rings. The molecule has 0 radical (unpaired) electrons. The Hall–Kier alpha value is -0.920. The highest BCUT2D eigenvalue weighted by atomic mass is 32.2. The summed E-state index contributed by atoms with van der Waals surface area (Å²) in [4.78, 5) is 11.6. The van der Waals surface area contributed by atoms with E-state index in [1.54, 1.807) is 6.07 Å². The third kappa shape index (κ3) is 3.61. The van der Waals surface area contributed by atoms with E-state index in [1.807, 2.05) is 0 Å². The lowest BCUT2D eigenvalue weighted by molar-refractivity contribution is -0.140. The summed E-state index contributed by atoms with van der Waals surface area (Å²) in [5.74, 6) is -0.319. The standard InChI is InChI=1S/C8H11NO4S2/c1-13-7(10)4-2-6-3-5-8(14-6)15(9,11)12/h3,5H,2,4H2,1H3,(H2,9,11,12). The molecule has 0 bridgehead atoms. The Labute approximate surface area is 91.9 Å². The van der Waals surface area contributed by atoms with E-state index in [-0.39, 0.29) is 16.6 Å². The number of esters is 1. The molecule has 0 aliphatic heterocycles. The number of methoxy groups -OCH3 is 1. The summed E-state index contributed by atoms with van der Waals surface area (Å²) in [5, 5.41) is 4.94. The maximum atomic E-state index is 10.9. The van der Waals surface area contributed by atoms with Crippen LogP contribution in [0.3, 0.4) is 0 Å². The van der Waals surface area contributed by atoms with E-state index in [9.17, 15) is 13.2 Å². The molecule has 0 atom stereocenters. The van der Waals surface area contributed by atoms with Crippen LogP contribution in [-0.2, 0) is 26.0 Å². The quantitative estimate of drug-likeness (QED) is 0.787. The Morgan fingerprint density at radius 1 is 1.53 bits per heavy atom. The van der Waals surface area contributed by atoms with Crippen LogP contribution in [0.1, 0.15) is 11.3 Å². The van der Waals surface area contributed by atoms with Crippen LogP contribution < -0.4 is 5.14 Å². The van der Waals surface area contributed by atoms with Gasteiger partial charge in [0.15, 0.2) is 0 Å². The number of sulfonamides is 1. The van der Waals surface area contributed by atoms with Gasteiger partial charge in [0.25, 0.3) is 0 Å². The van der Waals surface area contributed by atoms with Gasteiger partial charge in [0.2, 0.25) is 10.0 Å². The number of hydrogen-bond acceptors (Lipinski definition) is 5. The number of primary sulfonamides is 1. The van der Waals surface area contributed by atoms with Crippen LogP contribution in [0.2, 0.25) is 0 Å². The van der Waals surface area contributed by atoms with Gasteiger partial charge in [-0.15, -0.1) is 11.3 Å². The molecule has 84 valence electrons. The van der Waals surface area contributed by atoms with Crippen LogP contribution in [0.15, 0.2) is 16.3 Å². The van der Waals surface area contributed by atoms with Gasteiger partial charge < -0.3 is 4.74 Å². The van der Waals surface area contributed by atoms with Gasteiger partial charge in [-0.05, 0) is 18.6 Å².